The highest BCUT2D eigenvalue weighted by molar-refractivity contribution is 5.91. The average Bonchev–Trinajstić information content (AvgIpc) is 2.83. The molecule has 1 heterocycles. The second-order valence-electron chi connectivity index (χ2n) is 10.4. The minimum atomic E-state index is -5.13. The van der Waals surface area contributed by atoms with Crippen molar-refractivity contribution >= 4 is 17.7 Å². The Morgan fingerprint density at radius 2 is 1.45 bits per heavy atom. The molecule has 1 saturated carbocycles. The van der Waals surface area contributed by atoms with E-state index in [4.69, 9.17) is 4.74 Å². The second-order valence-corrected chi connectivity index (χ2v) is 10.4. The number of rotatable bonds is 5. The Morgan fingerprint density at radius 3 is 1.90 bits per heavy atom. The van der Waals surface area contributed by atoms with Crippen LogP contribution in [-0.4, -0.2) is 29.5 Å². The third kappa shape index (κ3) is 6.46. The number of halogens is 9. The van der Waals surface area contributed by atoms with Gasteiger partial charge in [-0.3, -0.25) is 9.69 Å². The summed E-state index contributed by atoms with van der Waals surface area (Å²) in [6, 6.07) is 1.69. The number of hydrogen-bond donors (Lipinski definition) is 0. The van der Waals surface area contributed by atoms with Gasteiger partial charge in [-0.25, -0.2) is 4.79 Å². The van der Waals surface area contributed by atoms with Crippen molar-refractivity contribution in [2.45, 2.75) is 76.7 Å². The third-order valence-corrected chi connectivity index (χ3v) is 7.71. The quantitative estimate of drug-likeness (QED) is 0.320. The van der Waals surface area contributed by atoms with Crippen molar-refractivity contribution in [3.05, 3.63) is 64.2 Å². The molecule has 14 heteroatoms. The molecule has 0 N–H and O–H groups in total. The molecule has 2 amide bonds. The van der Waals surface area contributed by atoms with Crippen LogP contribution in [0.1, 0.15) is 73.4 Å². The van der Waals surface area contributed by atoms with Gasteiger partial charge in [-0.15, -0.1) is 0 Å². The number of hydrogen-bond acceptors (Lipinski definition) is 3. The van der Waals surface area contributed by atoms with Crippen molar-refractivity contribution in [3.8, 4) is 0 Å². The first kappa shape index (κ1) is 31.5. The molecule has 0 unspecified atom stereocenters. The highest BCUT2D eigenvalue weighted by Crippen LogP contribution is 2.49. The number of carbonyl (C=O) groups is 2. The van der Waals surface area contributed by atoms with Crippen LogP contribution >= 0.6 is 0 Å². The van der Waals surface area contributed by atoms with E-state index in [1.165, 1.54) is 4.90 Å². The van der Waals surface area contributed by atoms with Crippen LogP contribution in [0.5, 0.6) is 0 Å². The van der Waals surface area contributed by atoms with Crippen molar-refractivity contribution in [1.29, 1.82) is 0 Å². The minimum Gasteiger partial charge on any atom is -0.449 e. The van der Waals surface area contributed by atoms with Gasteiger partial charge in [0.15, 0.2) is 0 Å². The van der Waals surface area contributed by atoms with Gasteiger partial charge in [0.2, 0.25) is 5.91 Å². The van der Waals surface area contributed by atoms with E-state index in [0.29, 0.717) is 25.0 Å². The van der Waals surface area contributed by atoms with Gasteiger partial charge in [0.25, 0.3) is 0 Å². The molecule has 5 nitrogen and oxygen atoms in total. The largest absolute Gasteiger partial charge is 0.449 e. The molecule has 4 rings (SSSR count). The zero-order valence-electron chi connectivity index (χ0n) is 22.5. The van der Waals surface area contributed by atoms with Crippen LogP contribution in [0.2, 0.25) is 0 Å². The maximum absolute atomic E-state index is 13.8. The number of anilines is 1. The Balaban J connectivity index is 1.87. The number of ether oxygens (including phenoxy) is 1. The van der Waals surface area contributed by atoms with Gasteiger partial charge in [-0.05, 0) is 79.6 Å². The monoisotopic (exact) mass is 610 g/mol. The molecule has 2 aliphatic rings. The molecular formula is C28H27F9N2O3. The molecule has 42 heavy (non-hydrogen) atoms. The number of amides is 2. The minimum absolute atomic E-state index is 0.0250. The smallest absolute Gasteiger partial charge is 0.416 e. The lowest BCUT2D eigenvalue weighted by molar-refractivity contribution is -0.143. The van der Waals surface area contributed by atoms with E-state index < -0.39 is 71.4 Å². The summed E-state index contributed by atoms with van der Waals surface area (Å²) in [4.78, 5) is 28.2. The molecule has 230 valence electrons. The summed E-state index contributed by atoms with van der Waals surface area (Å²) in [7, 11) is 0. The van der Waals surface area contributed by atoms with Crippen molar-refractivity contribution < 1.29 is 53.8 Å². The van der Waals surface area contributed by atoms with Gasteiger partial charge in [-0.1, -0.05) is 6.42 Å². The Hall–Kier alpha value is -3.45. The van der Waals surface area contributed by atoms with E-state index in [1.54, 1.807) is 6.92 Å². The SMILES string of the molecule is CCOC(=O)N1c2ccc(C(F)(F)F)cc2[C@H](N(Cc2cc(C(F)(F)F)cc(C(F)(F)F)c2)C(C)=O)C[C@@H]1C1CCC1. The lowest BCUT2D eigenvalue weighted by Gasteiger charge is -2.48. The fourth-order valence-corrected chi connectivity index (χ4v) is 5.55. The maximum Gasteiger partial charge on any atom is 0.416 e. The zero-order valence-corrected chi connectivity index (χ0v) is 22.5. The molecular weight excluding hydrogens is 583 g/mol. The van der Waals surface area contributed by atoms with E-state index in [1.807, 2.05) is 0 Å². The van der Waals surface area contributed by atoms with Crippen molar-refractivity contribution in [2.75, 3.05) is 11.5 Å². The summed E-state index contributed by atoms with van der Waals surface area (Å²) < 4.78 is 127. The van der Waals surface area contributed by atoms with Crippen LogP contribution in [0.25, 0.3) is 0 Å². The van der Waals surface area contributed by atoms with E-state index in [2.05, 4.69) is 0 Å². The molecule has 1 fully saturated rings. The number of carbonyl (C=O) groups excluding carboxylic acids is 2. The normalized spacial score (nSPS) is 19.6. The lowest BCUT2D eigenvalue weighted by atomic mass is 9.74. The number of fused-ring (bicyclic) bond motifs is 1. The van der Waals surface area contributed by atoms with Crippen LogP contribution in [0.3, 0.4) is 0 Å². The van der Waals surface area contributed by atoms with E-state index in [0.717, 1.165) is 36.4 Å². The van der Waals surface area contributed by atoms with Gasteiger partial charge in [0, 0.05) is 19.5 Å². The number of benzene rings is 2. The molecule has 1 aliphatic heterocycles. The van der Waals surface area contributed by atoms with Crippen LogP contribution in [0.15, 0.2) is 36.4 Å². The third-order valence-electron chi connectivity index (χ3n) is 7.71. The van der Waals surface area contributed by atoms with Crippen molar-refractivity contribution in [1.82, 2.24) is 4.90 Å². The lowest BCUT2D eigenvalue weighted by Crippen LogP contribution is -2.53. The average molecular weight is 611 g/mol. The number of alkyl halides is 9. The van der Waals surface area contributed by atoms with E-state index in [-0.39, 0.29) is 36.3 Å². The van der Waals surface area contributed by atoms with Crippen LogP contribution in [0, 0.1) is 5.92 Å². The predicted molar refractivity (Wildman–Crippen MR) is 132 cm³/mol. The topological polar surface area (TPSA) is 49.9 Å². The first-order chi connectivity index (χ1) is 19.4. The predicted octanol–water partition coefficient (Wildman–Crippen LogP) is 8.37. The van der Waals surface area contributed by atoms with Gasteiger partial charge in [0.05, 0.1) is 35.0 Å². The summed E-state index contributed by atoms with van der Waals surface area (Å²) in [5.41, 5.74) is -4.86. The van der Waals surface area contributed by atoms with Crippen molar-refractivity contribution in [3.63, 3.8) is 0 Å². The molecule has 0 bridgehead atoms. The summed E-state index contributed by atoms with van der Waals surface area (Å²) in [6.45, 7) is 1.81. The van der Waals surface area contributed by atoms with Gasteiger partial charge in [0.1, 0.15) is 0 Å². The summed E-state index contributed by atoms with van der Waals surface area (Å²) >= 11 is 0. The molecule has 1 aliphatic carbocycles. The Bertz CT molecular complexity index is 1300. The first-order valence-electron chi connectivity index (χ1n) is 13.1. The van der Waals surface area contributed by atoms with Crippen LogP contribution in [-0.2, 0) is 34.6 Å². The van der Waals surface area contributed by atoms with Gasteiger partial charge < -0.3 is 9.64 Å². The fraction of sp³-hybridized carbons (Fsp3) is 0.500. The summed E-state index contributed by atoms with van der Waals surface area (Å²) in [6.07, 6.45) is -13.8. The molecule has 2 aromatic rings. The standard InChI is InChI=1S/C28H27F9N2O3/c1-3-42-25(41)39-22-8-7-18(26(29,30)31)12-21(22)24(13-23(39)17-5-4-6-17)38(15(2)40)14-16-9-19(27(32,33)34)11-20(10-16)28(35,36)37/h7-12,17,23-24H,3-6,13-14H2,1-2H3/t23-,24-/m1/s1. The highest BCUT2D eigenvalue weighted by Gasteiger charge is 2.46. The Labute approximate surface area is 235 Å². The summed E-state index contributed by atoms with van der Waals surface area (Å²) in [5, 5.41) is 0. The van der Waals surface area contributed by atoms with Crippen molar-refractivity contribution in [2.24, 2.45) is 5.92 Å². The Kier molecular flexibility index (Phi) is 8.49. The molecule has 2 aromatic carbocycles. The highest BCUT2D eigenvalue weighted by atomic mass is 19.4. The molecule has 0 saturated heterocycles. The first-order valence-corrected chi connectivity index (χ1v) is 13.1. The second kappa shape index (κ2) is 11.3. The molecule has 2 atom stereocenters. The zero-order chi connectivity index (χ0) is 31.2. The van der Waals surface area contributed by atoms with Gasteiger partial charge >= 0.3 is 24.6 Å². The summed E-state index contributed by atoms with van der Waals surface area (Å²) in [5.74, 6) is -0.891. The fourth-order valence-electron chi connectivity index (χ4n) is 5.55. The van der Waals surface area contributed by atoms with E-state index in [9.17, 15) is 49.1 Å². The molecule has 0 aromatic heterocycles. The molecule has 0 radical (unpaired) electrons. The molecule has 0 spiro atoms. The van der Waals surface area contributed by atoms with Gasteiger partial charge in [-0.2, -0.15) is 39.5 Å². The van der Waals surface area contributed by atoms with Crippen LogP contribution < -0.4 is 4.90 Å². The van der Waals surface area contributed by atoms with E-state index >= 15 is 0 Å². The number of nitrogens with zero attached hydrogens (tertiary/aromatic N) is 2. The Morgan fingerprint density at radius 1 is 0.881 bits per heavy atom. The van der Waals surface area contributed by atoms with Crippen LogP contribution in [0.4, 0.5) is 50.0 Å². The maximum atomic E-state index is 13.8.